The van der Waals surface area contributed by atoms with Crippen LogP contribution in [-0.2, 0) is 12.6 Å². The van der Waals surface area contributed by atoms with Crippen LogP contribution in [0.3, 0.4) is 0 Å². The van der Waals surface area contributed by atoms with Gasteiger partial charge in [0.15, 0.2) is 5.76 Å². The highest BCUT2D eigenvalue weighted by atomic mass is 19.4. The van der Waals surface area contributed by atoms with Gasteiger partial charge in [0.2, 0.25) is 0 Å². The standard InChI is InChI=1S/C13H10F3NO3/c1-2-9-10(12(18)19)11(20-17-9)7-3-5-8(6-4-7)13(14,15)16/h3-6H,2H2,1H3,(H,18,19). The number of aromatic carboxylic acids is 1. The number of halogens is 3. The van der Waals surface area contributed by atoms with Crippen molar-refractivity contribution in [1.29, 1.82) is 0 Å². The Morgan fingerprint density at radius 2 is 1.90 bits per heavy atom. The van der Waals surface area contributed by atoms with Crippen molar-refractivity contribution in [2.45, 2.75) is 19.5 Å². The highest BCUT2D eigenvalue weighted by Crippen LogP contribution is 2.32. The van der Waals surface area contributed by atoms with E-state index in [1.807, 2.05) is 0 Å². The van der Waals surface area contributed by atoms with E-state index in [9.17, 15) is 18.0 Å². The summed E-state index contributed by atoms with van der Waals surface area (Å²) in [5, 5.41) is 12.8. The summed E-state index contributed by atoms with van der Waals surface area (Å²) in [6, 6.07) is 4.06. The van der Waals surface area contributed by atoms with Crippen molar-refractivity contribution in [2.75, 3.05) is 0 Å². The van der Waals surface area contributed by atoms with Gasteiger partial charge in [-0.2, -0.15) is 13.2 Å². The maximum Gasteiger partial charge on any atom is 0.416 e. The smallest absolute Gasteiger partial charge is 0.416 e. The average Bonchev–Trinajstić information content (AvgIpc) is 2.81. The summed E-state index contributed by atoms with van der Waals surface area (Å²) in [7, 11) is 0. The van der Waals surface area contributed by atoms with E-state index >= 15 is 0 Å². The summed E-state index contributed by atoms with van der Waals surface area (Å²) in [5.41, 5.74) is -0.435. The fourth-order valence-electron chi connectivity index (χ4n) is 1.79. The van der Waals surface area contributed by atoms with Crippen LogP contribution in [0.5, 0.6) is 0 Å². The van der Waals surface area contributed by atoms with Crippen molar-refractivity contribution in [1.82, 2.24) is 5.16 Å². The number of carboxylic acids is 1. The molecule has 0 radical (unpaired) electrons. The van der Waals surface area contributed by atoms with E-state index in [0.717, 1.165) is 24.3 Å². The van der Waals surface area contributed by atoms with Crippen molar-refractivity contribution in [3.63, 3.8) is 0 Å². The van der Waals surface area contributed by atoms with Gasteiger partial charge in [-0.25, -0.2) is 4.79 Å². The average molecular weight is 285 g/mol. The minimum absolute atomic E-state index is 0.0388. The SMILES string of the molecule is CCc1noc(-c2ccc(C(F)(F)F)cc2)c1C(=O)O. The van der Waals surface area contributed by atoms with Gasteiger partial charge in [0, 0.05) is 5.56 Å². The number of aromatic nitrogens is 1. The largest absolute Gasteiger partial charge is 0.477 e. The van der Waals surface area contributed by atoms with Crippen LogP contribution in [0.2, 0.25) is 0 Å². The van der Waals surface area contributed by atoms with Gasteiger partial charge in [0.05, 0.1) is 11.3 Å². The Labute approximate surface area is 111 Å². The summed E-state index contributed by atoms with van der Waals surface area (Å²) in [6.45, 7) is 1.71. The number of hydrogen-bond acceptors (Lipinski definition) is 3. The summed E-state index contributed by atoms with van der Waals surface area (Å²) in [4.78, 5) is 11.2. The minimum Gasteiger partial charge on any atom is -0.477 e. The van der Waals surface area contributed by atoms with Gasteiger partial charge in [-0.15, -0.1) is 0 Å². The zero-order valence-corrected chi connectivity index (χ0v) is 10.4. The normalized spacial score (nSPS) is 11.6. The summed E-state index contributed by atoms with van der Waals surface area (Å²) in [5.74, 6) is -1.26. The Bertz CT molecular complexity index is 629. The van der Waals surface area contributed by atoms with Crippen LogP contribution in [0.1, 0.15) is 28.5 Å². The third-order valence-corrected chi connectivity index (χ3v) is 2.79. The highest BCUT2D eigenvalue weighted by molar-refractivity contribution is 5.95. The number of nitrogens with zero attached hydrogens (tertiary/aromatic N) is 1. The highest BCUT2D eigenvalue weighted by Gasteiger charge is 2.30. The fraction of sp³-hybridized carbons (Fsp3) is 0.231. The van der Waals surface area contributed by atoms with E-state index in [-0.39, 0.29) is 22.6 Å². The van der Waals surface area contributed by atoms with Gasteiger partial charge >= 0.3 is 12.1 Å². The van der Waals surface area contributed by atoms with Crippen molar-refractivity contribution in [3.05, 3.63) is 41.1 Å². The molecule has 1 aromatic heterocycles. The predicted molar refractivity (Wildman–Crippen MR) is 63.3 cm³/mol. The first-order chi connectivity index (χ1) is 9.34. The molecule has 4 nitrogen and oxygen atoms in total. The lowest BCUT2D eigenvalue weighted by atomic mass is 10.0. The van der Waals surface area contributed by atoms with E-state index in [4.69, 9.17) is 9.63 Å². The molecule has 106 valence electrons. The molecule has 0 atom stereocenters. The first-order valence-electron chi connectivity index (χ1n) is 5.74. The molecule has 0 aliphatic heterocycles. The Kier molecular flexibility index (Phi) is 3.52. The Morgan fingerprint density at radius 3 is 2.35 bits per heavy atom. The molecule has 0 fully saturated rings. The summed E-state index contributed by atoms with van der Waals surface area (Å²) in [6.07, 6.45) is -4.09. The predicted octanol–water partition coefficient (Wildman–Crippen LogP) is 3.62. The van der Waals surface area contributed by atoms with Gasteiger partial charge < -0.3 is 9.63 Å². The van der Waals surface area contributed by atoms with Gasteiger partial charge in [0.1, 0.15) is 5.56 Å². The van der Waals surface area contributed by atoms with Crippen LogP contribution >= 0.6 is 0 Å². The second kappa shape index (κ2) is 4.99. The first kappa shape index (κ1) is 14.1. The molecular weight excluding hydrogens is 275 g/mol. The van der Waals surface area contributed by atoms with Gasteiger partial charge in [-0.05, 0) is 18.6 Å². The van der Waals surface area contributed by atoms with Crippen molar-refractivity contribution in [3.8, 4) is 11.3 Å². The molecule has 0 unspecified atom stereocenters. The van der Waals surface area contributed by atoms with Crippen LogP contribution in [0.15, 0.2) is 28.8 Å². The van der Waals surface area contributed by atoms with Gasteiger partial charge in [-0.3, -0.25) is 0 Å². The minimum atomic E-state index is -4.44. The number of alkyl halides is 3. The molecule has 0 amide bonds. The van der Waals surface area contributed by atoms with Crippen LogP contribution in [0.4, 0.5) is 13.2 Å². The number of hydrogen-bond donors (Lipinski definition) is 1. The molecular formula is C13H10F3NO3. The topological polar surface area (TPSA) is 63.3 Å². The molecule has 0 saturated heterocycles. The van der Waals surface area contributed by atoms with E-state index in [2.05, 4.69) is 5.16 Å². The number of aryl methyl sites for hydroxylation is 1. The monoisotopic (exact) mass is 285 g/mol. The lowest BCUT2D eigenvalue weighted by molar-refractivity contribution is -0.137. The lowest BCUT2D eigenvalue weighted by Gasteiger charge is -2.06. The summed E-state index contributed by atoms with van der Waals surface area (Å²) < 4.78 is 42.3. The molecule has 0 bridgehead atoms. The summed E-state index contributed by atoms with van der Waals surface area (Å²) >= 11 is 0. The van der Waals surface area contributed by atoms with Crippen molar-refractivity contribution < 1.29 is 27.6 Å². The van der Waals surface area contributed by atoms with E-state index in [0.29, 0.717) is 6.42 Å². The van der Waals surface area contributed by atoms with Gasteiger partial charge in [0.25, 0.3) is 0 Å². The molecule has 1 aromatic carbocycles. The zero-order chi connectivity index (χ0) is 14.9. The Morgan fingerprint density at radius 1 is 1.30 bits per heavy atom. The molecule has 1 N–H and O–H groups in total. The van der Waals surface area contributed by atoms with Gasteiger partial charge in [-0.1, -0.05) is 24.2 Å². The van der Waals surface area contributed by atoms with Crippen LogP contribution in [-0.4, -0.2) is 16.2 Å². The Balaban J connectivity index is 2.47. The quantitative estimate of drug-likeness (QED) is 0.935. The van der Waals surface area contributed by atoms with Crippen molar-refractivity contribution in [2.24, 2.45) is 0 Å². The van der Waals surface area contributed by atoms with E-state index in [1.54, 1.807) is 6.92 Å². The molecule has 2 rings (SSSR count). The second-order valence-electron chi connectivity index (χ2n) is 4.07. The number of carbonyl (C=O) groups is 1. The Hall–Kier alpha value is -2.31. The number of benzene rings is 1. The third kappa shape index (κ3) is 2.52. The van der Waals surface area contributed by atoms with E-state index in [1.165, 1.54) is 0 Å². The molecule has 0 spiro atoms. The van der Waals surface area contributed by atoms with Crippen molar-refractivity contribution >= 4 is 5.97 Å². The molecule has 1 heterocycles. The maximum atomic E-state index is 12.5. The lowest BCUT2D eigenvalue weighted by Crippen LogP contribution is -2.04. The molecule has 0 aliphatic rings. The first-order valence-corrected chi connectivity index (χ1v) is 5.74. The maximum absolute atomic E-state index is 12.5. The molecule has 0 saturated carbocycles. The molecule has 2 aromatic rings. The molecule has 7 heteroatoms. The third-order valence-electron chi connectivity index (χ3n) is 2.79. The van der Waals surface area contributed by atoms with Crippen LogP contribution in [0.25, 0.3) is 11.3 Å². The number of carboxylic acid groups (broad SMARTS) is 1. The van der Waals surface area contributed by atoms with Crippen LogP contribution < -0.4 is 0 Å². The second-order valence-corrected chi connectivity index (χ2v) is 4.07. The van der Waals surface area contributed by atoms with E-state index < -0.39 is 17.7 Å². The number of rotatable bonds is 3. The molecule has 20 heavy (non-hydrogen) atoms. The zero-order valence-electron chi connectivity index (χ0n) is 10.4. The molecule has 0 aliphatic carbocycles. The van der Waals surface area contributed by atoms with Crippen LogP contribution in [0, 0.1) is 0 Å². The fourth-order valence-corrected chi connectivity index (χ4v) is 1.79.